The predicted octanol–water partition coefficient (Wildman–Crippen LogP) is 3.24. The largest absolute Gasteiger partial charge is 0.393 e. The van der Waals surface area contributed by atoms with E-state index < -0.39 is 0 Å². The molecule has 5 nitrogen and oxygen atoms in total. The van der Waals surface area contributed by atoms with Crippen molar-refractivity contribution in [3.8, 4) is 0 Å². The van der Waals surface area contributed by atoms with Gasteiger partial charge >= 0.3 is 0 Å². The van der Waals surface area contributed by atoms with Crippen molar-refractivity contribution in [3.63, 3.8) is 0 Å². The Morgan fingerprint density at radius 1 is 1.05 bits per heavy atom. The van der Waals surface area contributed by atoms with Crippen molar-refractivity contribution in [1.82, 2.24) is 9.97 Å². The highest BCUT2D eigenvalue weighted by atomic mass is 16.3. The fraction of sp³-hybridized carbons (Fsp3) is 0.412. The zero-order valence-corrected chi connectivity index (χ0v) is 12.8. The molecule has 0 aliphatic heterocycles. The molecule has 0 saturated heterocycles. The molecule has 1 fully saturated rings. The molecule has 3 rings (SSSR count). The molecule has 0 bridgehead atoms. The maximum atomic E-state index is 9.56. The number of anilines is 3. The second-order valence-electron chi connectivity index (χ2n) is 5.93. The molecule has 1 aliphatic carbocycles. The van der Waals surface area contributed by atoms with Gasteiger partial charge in [0.15, 0.2) is 0 Å². The summed E-state index contributed by atoms with van der Waals surface area (Å²) in [6, 6.07) is 10.5. The fourth-order valence-corrected chi connectivity index (χ4v) is 2.80. The monoisotopic (exact) mass is 298 g/mol. The Morgan fingerprint density at radius 2 is 1.82 bits per heavy atom. The fourth-order valence-electron chi connectivity index (χ4n) is 2.80. The van der Waals surface area contributed by atoms with Gasteiger partial charge in [0.25, 0.3) is 0 Å². The van der Waals surface area contributed by atoms with Gasteiger partial charge in [-0.15, -0.1) is 0 Å². The third kappa shape index (κ3) is 3.95. The maximum absolute atomic E-state index is 9.56. The lowest BCUT2D eigenvalue weighted by molar-refractivity contribution is 0.126. The van der Waals surface area contributed by atoms with E-state index in [1.165, 1.54) is 5.56 Å². The highest BCUT2D eigenvalue weighted by Gasteiger charge is 2.19. The standard InChI is InChI=1S/C17H22N4O/c1-12-3-2-4-14(9-12)21-17-10-16(18-11-19-17)20-13-5-7-15(22)8-6-13/h2-4,9-11,13,15,22H,5-8H2,1H3,(H2,18,19,20,21)/t13-,15-. The van der Waals surface area contributed by atoms with Gasteiger partial charge in [-0.05, 0) is 50.3 Å². The Morgan fingerprint density at radius 3 is 2.59 bits per heavy atom. The van der Waals surface area contributed by atoms with Gasteiger partial charge in [0.2, 0.25) is 0 Å². The van der Waals surface area contributed by atoms with E-state index in [-0.39, 0.29) is 6.10 Å². The normalized spacial score (nSPS) is 21.4. The summed E-state index contributed by atoms with van der Waals surface area (Å²) in [4.78, 5) is 8.55. The Kier molecular flexibility index (Phi) is 4.53. The Bertz CT molecular complexity index is 624. The predicted molar refractivity (Wildman–Crippen MR) is 88.4 cm³/mol. The van der Waals surface area contributed by atoms with E-state index in [0.29, 0.717) is 6.04 Å². The Hall–Kier alpha value is -2.14. The van der Waals surface area contributed by atoms with E-state index in [4.69, 9.17) is 0 Å². The molecule has 1 aromatic carbocycles. The summed E-state index contributed by atoms with van der Waals surface area (Å²) in [6.45, 7) is 2.07. The van der Waals surface area contributed by atoms with Gasteiger partial charge < -0.3 is 15.7 Å². The molecule has 2 aromatic rings. The van der Waals surface area contributed by atoms with E-state index in [2.05, 4.69) is 39.7 Å². The minimum Gasteiger partial charge on any atom is -0.393 e. The Labute approximate surface area is 130 Å². The molecule has 1 aliphatic rings. The molecule has 0 radical (unpaired) electrons. The zero-order chi connectivity index (χ0) is 15.4. The van der Waals surface area contributed by atoms with E-state index in [0.717, 1.165) is 43.0 Å². The van der Waals surface area contributed by atoms with Crippen LogP contribution in [0.2, 0.25) is 0 Å². The molecule has 0 atom stereocenters. The maximum Gasteiger partial charge on any atom is 0.135 e. The van der Waals surface area contributed by atoms with Gasteiger partial charge in [-0.25, -0.2) is 9.97 Å². The van der Waals surface area contributed by atoms with Gasteiger partial charge in [0.1, 0.15) is 18.0 Å². The third-order valence-electron chi connectivity index (χ3n) is 4.01. The van der Waals surface area contributed by atoms with Gasteiger partial charge in [0, 0.05) is 17.8 Å². The van der Waals surface area contributed by atoms with Gasteiger partial charge in [-0.3, -0.25) is 0 Å². The Balaban J connectivity index is 1.65. The highest BCUT2D eigenvalue weighted by molar-refractivity contribution is 5.59. The number of aliphatic hydroxyl groups excluding tert-OH is 1. The minimum atomic E-state index is -0.137. The molecular weight excluding hydrogens is 276 g/mol. The first-order valence-corrected chi connectivity index (χ1v) is 7.79. The number of aromatic nitrogens is 2. The summed E-state index contributed by atoms with van der Waals surface area (Å²) in [5, 5.41) is 16.3. The van der Waals surface area contributed by atoms with Gasteiger partial charge in [0.05, 0.1) is 6.10 Å². The summed E-state index contributed by atoms with van der Waals surface area (Å²) < 4.78 is 0. The van der Waals surface area contributed by atoms with Crippen LogP contribution in [-0.4, -0.2) is 27.2 Å². The number of nitrogens with zero attached hydrogens (tertiary/aromatic N) is 2. The molecule has 0 unspecified atom stereocenters. The van der Waals surface area contributed by atoms with Crippen LogP contribution in [-0.2, 0) is 0 Å². The summed E-state index contributed by atoms with van der Waals surface area (Å²) in [6.07, 6.45) is 5.10. The first-order valence-electron chi connectivity index (χ1n) is 7.79. The summed E-state index contributed by atoms with van der Waals surface area (Å²) >= 11 is 0. The van der Waals surface area contributed by atoms with Crippen molar-refractivity contribution in [3.05, 3.63) is 42.2 Å². The van der Waals surface area contributed by atoms with Crippen LogP contribution in [0.25, 0.3) is 0 Å². The molecule has 1 saturated carbocycles. The first kappa shape index (κ1) is 14.8. The van der Waals surface area contributed by atoms with Gasteiger partial charge in [-0.2, -0.15) is 0 Å². The SMILES string of the molecule is Cc1cccc(Nc2cc(N[C@H]3CC[C@H](O)CC3)ncn2)c1. The summed E-state index contributed by atoms with van der Waals surface area (Å²) in [7, 11) is 0. The molecule has 1 aromatic heterocycles. The number of hydrogen-bond donors (Lipinski definition) is 3. The topological polar surface area (TPSA) is 70.1 Å². The quantitative estimate of drug-likeness (QED) is 0.808. The molecule has 22 heavy (non-hydrogen) atoms. The summed E-state index contributed by atoms with van der Waals surface area (Å²) in [5.41, 5.74) is 2.23. The minimum absolute atomic E-state index is 0.137. The zero-order valence-electron chi connectivity index (χ0n) is 12.8. The van der Waals surface area contributed by atoms with Crippen molar-refractivity contribution in [2.75, 3.05) is 10.6 Å². The third-order valence-corrected chi connectivity index (χ3v) is 4.01. The van der Waals surface area contributed by atoms with Crippen LogP contribution < -0.4 is 10.6 Å². The van der Waals surface area contributed by atoms with Gasteiger partial charge in [-0.1, -0.05) is 12.1 Å². The number of benzene rings is 1. The molecule has 0 amide bonds. The van der Waals surface area contributed by atoms with E-state index >= 15 is 0 Å². The van der Waals surface area contributed by atoms with Crippen molar-refractivity contribution in [2.24, 2.45) is 0 Å². The molecular formula is C17H22N4O. The second kappa shape index (κ2) is 6.75. The van der Waals surface area contributed by atoms with Crippen LogP contribution in [0.5, 0.6) is 0 Å². The number of aryl methyl sites for hydroxylation is 1. The highest BCUT2D eigenvalue weighted by Crippen LogP contribution is 2.23. The molecule has 0 spiro atoms. The smallest absolute Gasteiger partial charge is 0.135 e. The molecule has 5 heteroatoms. The van der Waals surface area contributed by atoms with Crippen molar-refractivity contribution in [1.29, 1.82) is 0 Å². The molecule has 1 heterocycles. The lowest BCUT2D eigenvalue weighted by Gasteiger charge is -2.26. The van der Waals surface area contributed by atoms with E-state index in [9.17, 15) is 5.11 Å². The number of aliphatic hydroxyl groups is 1. The first-order chi connectivity index (χ1) is 10.7. The van der Waals surface area contributed by atoms with Crippen LogP contribution in [0.3, 0.4) is 0 Å². The van der Waals surface area contributed by atoms with Crippen LogP contribution in [0.15, 0.2) is 36.7 Å². The van der Waals surface area contributed by atoms with E-state index in [1.807, 2.05) is 18.2 Å². The summed E-state index contributed by atoms with van der Waals surface area (Å²) in [5.74, 6) is 1.60. The number of hydrogen-bond acceptors (Lipinski definition) is 5. The molecule has 116 valence electrons. The lowest BCUT2D eigenvalue weighted by Crippen LogP contribution is -2.28. The van der Waals surface area contributed by atoms with Crippen LogP contribution in [0.4, 0.5) is 17.3 Å². The second-order valence-corrected chi connectivity index (χ2v) is 5.93. The average Bonchev–Trinajstić information content (AvgIpc) is 2.50. The van der Waals surface area contributed by atoms with Crippen LogP contribution >= 0.6 is 0 Å². The lowest BCUT2D eigenvalue weighted by atomic mass is 9.93. The van der Waals surface area contributed by atoms with Crippen molar-refractivity contribution < 1.29 is 5.11 Å². The molecule has 3 N–H and O–H groups in total. The van der Waals surface area contributed by atoms with E-state index in [1.54, 1.807) is 6.33 Å². The van der Waals surface area contributed by atoms with Crippen LogP contribution in [0.1, 0.15) is 31.2 Å². The van der Waals surface area contributed by atoms with Crippen molar-refractivity contribution in [2.45, 2.75) is 44.8 Å². The average molecular weight is 298 g/mol. The van der Waals surface area contributed by atoms with Crippen molar-refractivity contribution >= 4 is 17.3 Å². The number of nitrogens with one attached hydrogen (secondary N) is 2. The van der Waals surface area contributed by atoms with Crippen LogP contribution in [0, 0.1) is 6.92 Å². The number of rotatable bonds is 4.